The van der Waals surface area contributed by atoms with E-state index >= 15 is 0 Å². The Bertz CT molecular complexity index is 916. The highest BCUT2D eigenvalue weighted by atomic mass is 32.2. The van der Waals surface area contributed by atoms with Crippen LogP contribution in [-0.4, -0.2) is 5.11 Å². The van der Waals surface area contributed by atoms with Gasteiger partial charge in [0.25, 0.3) is 0 Å². The van der Waals surface area contributed by atoms with Crippen LogP contribution in [0, 0.1) is 0 Å². The molecule has 0 spiro atoms. The Hall–Kier alpha value is -1.84. The fourth-order valence-corrected chi connectivity index (χ4v) is 7.00. The molecule has 4 rings (SSSR count). The van der Waals surface area contributed by atoms with Crippen LogP contribution in [0.5, 0.6) is 5.75 Å². The summed E-state index contributed by atoms with van der Waals surface area (Å²) in [6, 6.07) is 23.4. The molecule has 1 aliphatic heterocycles. The highest BCUT2D eigenvalue weighted by molar-refractivity contribution is 8.04. The summed E-state index contributed by atoms with van der Waals surface area (Å²) >= 11 is 1.83. The average molecular weight is 380 g/mol. The molecule has 1 N–H and O–H groups in total. The second kappa shape index (κ2) is 6.71. The van der Waals surface area contributed by atoms with Crippen molar-refractivity contribution >= 4 is 22.7 Å². The quantitative estimate of drug-likeness (QED) is 0.403. The Morgan fingerprint density at radius 1 is 0.846 bits per heavy atom. The van der Waals surface area contributed by atoms with Gasteiger partial charge in [-0.2, -0.15) is 0 Å². The fraction of sp³-hybridized carbons (Fsp3) is 0.217. The number of phenolic OH excluding ortho intramolecular Hbond substituents is 1. The molecule has 1 heterocycles. The molecule has 0 fully saturated rings. The molecule has 1 aliphatic rings. The summed E-state index contributed by atoms with van der Waals surface area (Å²) in [6.45, 7) is 6.76. The zero-order valence-corrected chi connectivity index (χ0v) is 17.0. The van der Waals surface area contributed by atoms with Crippen LogP contribution in [0.3, 0.4) is 0 Å². The third-order valence-electron chi connectivity index (χ3n) is 5.20. The highest BCUT2D eigenvalue weighted by Gasteiger charge is 2.40. The summed E-state index contributed by atoms with van der Waals surface area (Å²) < 4.78 is 0. The van der Waals surface area contributed by atoms with Gasteiger partial charge in [0.05, 0.1) is 9.79 Å². The van der Waals surface area contributed by atoms with Crippen molar-refractivity contribution in [2.75, 3.05) is 0 Å². The Morgan fingerprint density at radius 3 is 2.00 bits per heavy atom. The summed E-state index contributed by atoms with van der Waals surface area (Å²) in [7, 11) is -0.287. The van der Waals surface area contributed by atoms with Gasteiger partial charge >= 0.3 is 0 Å². The van der Waals surface area contributed by atoms with Crippen molar-refractivity contribution in [3.8, 4) is 5.75 Å². The molecule has 26 heavy (non-hydrogen) atoms. The van der Waals surface area contributed by atoms with Crippen molar-refractivity contribution in [3.05, 3.63) is 72.3 Å². The fourth-order valence-electron chi connectivity index (χ4n) is 3.18. The minimum atomic E-state index is -0.287. The Kier molecular flexibility index (Phi) is 4.54. The highest BCUT2D eigenvalue weighted by Crippen LogP contribution is 2.50. The topological polar surface area (TPSA) is 20.2 Å². The molecule has 0 aliphatic carbocycles. The van der Waals surface area contributed by atoms with Crippen molar-refractivity contribution < 1.29 is 5.11 Å². The lowest BCUT2D eigenvalue weighted by atomic mass is 9.82. The normalized spacial score (nSPS) is 14.0. The van der Waals surface area contributed by atoms with Gasteiger partial charge in [-0.05, 0) is 47.7 Å². The maximum absolute atomic E-state index is 10.8. The summed E-state index contributed by atoms with van der Waals surface area (Å²) in [6.07, 6.45) is 1.06. The molecule has 0 saturated heterocycles. The number of hydrogen-bond acceptors (Lipinski definition) is 2. The lowest BCUT2D eigenvalue weighted by Crippen LogP contribution is -2.17. The van der Waals surface area contributed by atoms with E-state index in [4.69, 9.17) is 0 Å². The number of aromatic hydroxyl groups is 1. The zero-order valence-electron chi connectivity index (χ0n) is 15.3. The minimum absolute atomic E-state index is 0.0926. The molecule has 0 atom stereocenters. The minimum Gasteiger partial charge on any atom is -0.503 e. The second-order valence-corrected chi connectivity index (χ2v) is 10.2. The number of benzene rings is 3. The van der Waals surface area contributed by atoms with E-state index in [1.54, 1.807) is 0 Å². The van der Waals surface area contributed by atoms with E-state index in [-0.39, 0.29) is 16.3 Å². The summed E-state index contributed by atoms with van der Waals surface area (Å²) in [4.78, 5) is 6.21. The van der Waals surface area contributed by atoms with E-state index in [0.717, 1.165) is 11.3 Å². The van der Waals surface area contributed by atoms with Crippen LogP contribution in [0.15, 0.2) is 91.2 Å². The predicted molar refractivity (Wildman–Crippen MR) is 111 cm³/mol. The van der Waals surface area contributed by atoms with Gasteiger partial charge in [-0.3, -0.25) is 0 Å². The summed E-state index contributed by atoms with van der Waals surface area (Å²) in [5, 5.41) is 10.8. The third-order valence-corrected chi connectivity index (χ3v) is 8.97. The van der Waals surface area contributed by atoms with Gasteiger partial charge in [0, 0.05) is 6.07 Å². The van der Waals surface area contributed by atoms with Crippen LogP contribution >= 0.6 is 11.8 Å². The molecule has 3 heteroatoms. The predicted octanol–water partition coefficient (Wildman–Crippen LogP) is 6.64. The standard InChI is InChI=1S/C23H22OS2/c1-4-23(2,3)16-13-14-17(24)22(15-16)26-20-11-7-5-9-18(20)25-19-10-6-8-12-21(19)26/h5-15H,4H2,1-3H3/p+1. The molecule has 0 unspecified atom stereocenters. The molecule has 0 saturated carbocycles. The Morgan fingerprint density at radius 2 is 1.42 bits per heavy atom. The SMILES string of the molecule is CCC(C)(C)c1ccc(O)c([S+]2c3ccccc3Sc3ccccc32)c1. The van der Waals surface area contributed by atoms with Gasteiger partial charge in [0.15, 0.2) is 15.5 Å². The van der Waals surface area contributed by atoms with E-state index in [1.807, 2.05) is 17.8 Å². The second-order valence-electron chi connectivity index (χ2n) is 7.22. The van der Waals surface area contributed by atoms with Gasteiger partial charge in [0.2, 0.25) is 4.90 Å². The van der Waals surface area contributed by atoms with Gasteiger partial charge in [0.1, 0.15) is 10.9 Å². The lowest BCUT2D eigenvalue weighted by Gasteiger charge is -2.25. The third kappa shape index (κ3) is 2.93. The maximum atomic E-state index is 10.8. The molecule has 0 aromatic heterocycles. The van der Waals surface area contributed by atoms with Crippen LogP contribution in [0.25, 0.3) is 0 Å². The van der Waals surface area contributed by atoms with E-state index < -0.39 is 0 Å². The molecular weight excluding hydrogens is 356 g/mol. The van der Waals surface area contributed by atoms with Gasteiger partial charge in [-0.25, -0.2) is 0 Å². The number of phenols is 1. The monoisotopic (exact) mass is 379 g/mol. The first-order valence-corrected chi connectivity index (χ1v) is 11.0. The van der Waals surface area contributed by atoms with Crippen LogP contribution in [0.4, 0.5) is 0 Å². The van der Waals surface area contributed by atoms with E-state index in [0.29, 0.717) is 5.75 Å². The van der Waals surface area contributed by atoms with Gasteiger partial charge < -0.3 is 5.11 Å². The molecule has 0 amide bonds. The number of hydrogen-bond donors (Lipinski definition) is 1. The molecule has 1 nitrogen and oxygen atoms in total. The molecule has 3 aromatic carbocycles. The zero-order chi connectivity index (χ0) is 18.3. The van der Waals surface area contributed by atoms with Crippen molar-refractivity contribution in [3.63, 3.8) is 0 Å². The first-order chi connectivity index (χ1) is 12.5. The van der Waals surface area contributed by atoms with Crippen LogP contribution in [0.2, 0.25) is 0 Å². The van der Waals surface area contributed by atoms with Crippen molar-refractivity contribution in [2.24, 2.45) is 0 Å². The van der Waals surface area contributed by atoms with Crippen molar-refractivity contribution in [1.82, 2.24) is 0 Å². The molecule has 0 radical (unpaired) electrons. The van der Waals surface area contributed by atoms with Crippen LogP contribution < -0.4 is 0 Å². The Labute approximate surface area is 162 Å². The van der Waals surface area contributed by atoms with Crippen molar-refractivity contribution in [1.29, 1.82) is 0 Å². The largest absolute Gasteiger partial charge is 0.503 e. The van der Waals surface area contributed by atoms with Crippen LogP contribution in [-0.2, 0) is 16.3 Å². The summed E-state index contributed by atoms with van der Waals surface area (Å²) in [5.41, 5.74) is 1.38. The van der Waals surface area contributed by atoms with E-state index in [1.165, 1.54) is 25.1 Å². The lowest BCUT2D eigenvalue weighted by molar-refractivity contribution is 0.457. The van der Waals surface area contributed by atoms with Crippen LogP contribution in [0.1, 0.15) is 32.8 Å². The molecule has 132 valence electrons. The molecule has 0 bridgehead atoms. The van der Waals surface area contributed by atoms with E-state index in [9.17, 15) is 5.11 Å². The first-order valence-electron chi connectivity index (χ1n) is 8.95. The number of rotatable bonds is 3. The molecule has 3 aromatic rings. The van der Waals surface area contributed by atoms with Gasteiger partial charge in [-0.15, -0.1) is 0 Å². The van der Waals surface area contributed by atoms with E-state index in [2.05, 4.69) is 81.4 Å². The van der Waals surface area contributed by atoms with Gasteiger partial charge in [-0.1, -0.05) is 62.9 Å². The average Bonchev–Trinajstić information content (AvgIpc) is 2.66. The van der Waals surface area contributed by atoms with Crippen molar-refractivity contribution in [2.45, 2.75) is 57.1 Å². The maximum Gasteiger partial charge on any atom is 0.208 e. The number of fused-ring (bicyclic) bond motifs is 2. The molecular formula is C23H23OS2+. The summed E-state index contributed by atoms with van der Waals surface area (Å²) in [5.74, 6) is 0.389. The smallest absolute Gasteiger partial charge is 0.208 e. The first kappa shape index (κ1) is 17.6. The Balaban J connectivity index is 1.95.